The van der Waals surface area contributed by atoms with E-state index in [9.17, 15) is 14.4 Å². The van der Waals surface area contributed by atoms with E-state index in [0.717, 1.165) is 96.3 Å². The molecule has 6 nitrogen and oxygen atoms in total. The SMILES string of the molecule is CC/C=C\C/C=C\C/C=C\C/C=C\C/C=C\CCCC(=O)OC(COC(=O)CCCCCCC/C=C\CCC)COC(=O)CCCCCCCCCCCCCCCCCCCCCCCCCCCCC. The summed E-state index contributed by atoms with van der Waals surface area (Å²) in [4.78, 5) is 38.1. The van der Waals surface area contributed by atoms with E-state index in [0.29, 0.717) is 19.3 Å². The zero-order valence-corrected chi connectivity index (χ0v) is 47.7. The number of rotatable bonds is 56. The lowest BCUT2D eigenvalue weighted by molar-refractivity contribution is -0.167. The Balaban J connectivity index is 4.22. The topological polar surface area (TPSA) is 78.9 Å². The van der Waals surface area contributed by atoms with Crippen molar-refractivity contribution in [1.29, 1.82) is 0 Å². The largest absolute Gasteiger partial charge is 0.462 e. The van der Waals surface area contributed by atoms with Gasteiger partial charge in [0.2, 0.25) is 0 Å². The molecule has 0 saturated carbocycles. The number of hydrogen-bond acceptors (Lipinski definition) is 6. The van der Waals surface area contributed by atoms with Gasteiger partial charge in [0, 0.05) is 19.3 Å². The normalized spacial score (nSPS) is 12.5. The summed E-state index contributed by atoms with van der Waals surface area (Å²) in [6, 6.07) is 0. The van der Waals surface area contributed by atoms with E-state index in [1.54, 1.807) is 0 Å². The predicted octanol–water partition coefficient (Wildman–Crippen LogP) is 20.9. The van der Waals surface area contributed by atoms with Crippen molar-refractivity contribution in [2.75, 3.05) is 13.2 Å². The van der Waals surface area contributed by atoms with Crippen LogP contribution in [0.3, 0.4) is 0 Å². The fourth-order valence-corrected chi connectivity index (χ4v) is 8.84. The second-order valence-electron chi connectivity index (χ2n) is 20.6. The maximum absolute atomic E-state index is 12.8. The number of unbranched alkanes of at least 4 members (excludes halogenated alkanes) is 33. The monoisotopic (exact) mass is 1000 g/mol. The molecule has 0 bridgehead atoms. The summed E-state index contributed by atoms with van der Waals surface area (Å²) in [6.45, 7) is 6.44. The summed E-state index contributed by atoms with van der Waals surface area (Å²) in [5, 5.41) is 0. The van der Waals surface area contributed by atoms with Gasteiger partial charge in [0.1, 0.15) is 13.2 Å². The zero-order chi connectivity index (χ0) is 52.2. The summed E-state index contributed by atoms with van der Waals surface area (Å²) in [7, 11) is 0. The van der Waals surface area contributed by atoms with Gasteiger partial charge < -0.3 is 14.2 Å². The minimum absolute atomic E-state index is 0.0984. The van der Waals surface area contributed by atoms with Gasteiger partial charge in [-0.2, -0.15) is 0 Å². The fourth-order valence-electron chi connectivity index (χ4n) is 8.84. The summed E-state index contributed by atoms with van der Waals surface area (Å²) in [5.74, 6) is -0.959. The van der Waals surface area contributed by atoms with Crippen molar-refractivity contribution in [2.24, 2.45) is 0 Å². The molecule has 0 heterocycles. The van der Waals surface area contributed by atoms with E-state index in [1.807, 2.05) is 0 Å². The van der Waals surface area contributed by atoms with Gasteiger partial charge in [0.05, 0.1) is 0 Å². The standard InChI is InChI=1S/C66H116O6/c1-4-7-10-13-16-19-22-24-26-28-29-30-31-32-33-34-35-36-37-39-40-42-44-47-50-53-56-59-65(68)71-62-63(61-70-64(67)58-55-52-49-46-21-18-15-12-9-6-3)72-66(69)60-57-54-51-48-45-43-41-38-27-25-23-20-17-14-11-8-5-2/h8,11-12,15,17,20,25,27,41,43,48,51,63H,4-7,9-10,13-14,16,18-19,21-24,26,28-40,42,44-47,49-50,52-62H2,1-3H3/b11-8-,15-12-,20-17-,27-25-,43-41-,51-48-. The highest BCUT2D eigenvalue weighted by Crippen LogP contribution is 2.17. The minimum Gasteiger partial charge on any atom is -0.462 e. The second kappa shape index (κ2) is 60.4. The van der Waals surface area contributed by atoms with Crippen molar-refractivity contribution in [3.63, 3.8) is 0 Å². The lowest BCUT2D eigenvalue weighted by Crippen LogP contribution is -2.30. The van der Waals surface area contributed by atoms with E-state index >= 15 is 0 Å². The van der Waals surface area contributed by atoms with E-state index in [-0.39, 0.29) is 37.5 Å². The van der Waals surface area contributed by atoms with Crippen molar-refractivity contribution in [1.82, 2.24) is 0 Å². The maximum Gasteiger partial charge on any atom is 0.306 e. The van der Waals surface area contributed by atoms with E-state index in [1.165, 1.54) is 167 Å². The van der Waals surface area contributed by atoms with Crippen LogP contribution < -0.4 is 0 Å². The van der Waals surface area contributed by atoms with Crippen LogP contribution in [0.5, 0.6) is 0 Å². The Hall–Kier alpha value is -3.15. The van der Waals surface area contributed by atoms with Crippen LogP contribution in [0.2, 0.25) is 0 Å². The van der Waals surface area contributed by atoms with E-state index < -0.39 is 6.10 Å². The zero-order valence-electron chi connectivity index (χ0n) is 47.7. The number of carbonyl (C=O) groups is 3. The molecule has 0 aromatic carbocycles. The number of allylic oxidation sites excluding steroid dienone is 12. The number of hydrogen-bond donors (Lipinski definition) is 0. The molecule has 416 valence electrons. The summed E-state index contributed by atoms with van der Waals surface area (Å²) in [6.07, 6.45) is 78.0. The number of carbonyl (C=O) groups excluding carboxylic acids is 3. The Bertz CT molecular complexity index is 1340. The first-order chi connectivity index (χ1) is 35.5. The molecule has 0 radical (unpaired) electrons. The van der Waals surface area contributed by atoms with Gasteiger partial charge in [-0.25, -0.2) is 0 Å². The molecular weight excluding hydrogens is 889 g/mol. The van der Waals surface area contributed by atoms with Crippen LogP contribution >= 0.6 is 0 Å². The summed E-state index contributed by atoms with van der Waals surface area (Å²) >= 11 is 0. The third kappa shape index (κ3) is 57.7. The van der Waals surface area contributed by atoms with Crippen molar-refractivity contribution in [3.8, 4) is 0 Å². The molecule has 0 aliphatic carbocycles. The molecule has 0 amide bonds. The van der Waals surface area contributed by atoms with Gasteiger partial charge in [-0.3, -0.25) is 14.4 Å². The Morgan fingerprint density at radius 1 is 0.292 bits per heavy atom. The molecule has 72 heavy (non-hydrogen) atoms. The molecular formula is C66H116O6. The molecule has 0 N–H and O–H groups in total. The Kier molecular flexibility index (Phi) is 57.8. The maximum atomic E-state index is 12.8. The highest BCUT2D eigenvalue weighted by molar-refractivity contribution is 5.71. The summed E-state index contributed by atoms with van der Waals surface area (Å²) in [5.41, 5.74) is 0. The molecule has 0 fully saturated rings. The number of esters is 3. The van der Waals surface area contributed by atoms with Crippen LogP contribution in [0.1, 0.15) is 310 Å². The summed E-state index contributed by atoms with van der Waals surface area (Å²) < 4.78 is 16.8. The Morgan fingerprint density at radius 2 is 0.583 bits per heavy atom. The first-order valence-electron chi connectivity index (χ1n) is 30.9. The van der Waals surface area contributed by atoms with Crippen LogP contribution in [0.4, 0.5) is 0 Å². The van der Waals surface area contributed by atoms with Crippen molar-refractivity contribution < 1.29 is 28.6 Å². The highest BCUT2D eigenvalue weighted by Gasteiger charge is 2.19. The van der Waals surface area contributed by atoms with Crippen LogP contribution in [-0.4, -0.2) is 37.2 Å². The third-order valence-corrected chi connectivity index (χ3v) is 13.4. The van der Waals surface area contributed by atoms with Crippen LogP contribution in [0.25, 0.3) is 0 Å². The second-order valence-corrected chi connectivity index (χ2v) is 20.6. The van der Waals surface area contributed by atoms with E-state index in [2.05, 4.69) is 93.7 Å². The molecule has 0 saturated heterocycles. The predicted molar refractivity (Wildman–Crippen MR) is 311 cm³/mol. The molecule has 0 spiro atoms. The molecule has 0 aliphatic rings. The molecule has 0 aromatic rings. The van der Waals surface area contributed by atoms with Gasteiger partial charge in [0.15, 0.2) is 6.10 Å². The first-order valence-corrected chi connectivity index (χ1v) is 30.9. The molecule has 0 aromatic heterocycles. The third-order valence-electron chi connectivity index (χ3n) is 13.4. The van der Waals surface area contributed by atoms with E-state index in [4.69, 9.17) is 14.2 Å². The lowest BCUT2D eigenvalue weighted by Gasteiger charge is -2.18. The average Bonchev–Trinajstić information content (AvgIpc) is 3.38. The van der Waals surface area contributed by atoms with Crippen LogP contribution in [-0.2, 0) is 28.6 Å². The molecule has 1 atom stereocenters. The molecule has 0 aliphatic heterocycles. The first kappa shape index (κ1) is 68.8. The van der Waals surface area contributed by atoms with Crippen molar-refractivity contribution in [2.45, 2.75) is 316 Å². The smallest absolute Gasteiger partial charge is 0.306 e. The van der Waals surface area contributed by atoms with Crippen LogP contribution in [0.15, 0.2) is 72.9 Å². The average molecular weight is 1010 g/mol. The van der Waals surface area contributed by atoms with Gasteiger partial charge in [-0.05, 0) is 77.0 Å². The number of ether oxygens (including phenoxy) is 3. The van der Waals surface area contributed by atoms with Gasteiger partial charge in [0.25, 0.3) is 0 Å². The van der Waals surface area contributed by atoms with Crippen LogP contribution in [0, 0.1) is 0 Å². The molecule has 0 rings (SSSR count). The van der Waals surface area contributed by atoms with Gasteiger partial charge in [-0.15, -0.1) is 0 Å². The highest BCUT2D eigenvalue weighted by atomic mass is 16.6. The van der Waals surface area contributed by atoms with Crippen molar-refractivity contribution >= 4 is 17.9 Å². The Morgan fingerprint density at radius 3 is 0.958 bits per heavy atom. The lowest BCUT2D eigenvalue weighted by atomic mass is 10.0. The van der Waals surface area contributed by atoms with Gasteiger partial charge >= 0.3 is 17.9 Å². The molecule has 6 heteroatoms. The Labute approximate surface area is 446 Å². The van der Waals surface area contributed by atoms with Gasteiger partial charge in [-0.1, -0.05) is 286 Å². The molecule has 1 unspecified atom stereocenters. The quantitative estimate of drug-likeness (QED) is 0.0261. The fraction of sp³-hybridized carbons (Fsp3) is 0.773. The van der Waals surface area contributed by atoms with Crippen molar-refractivity contribution in [3.05, 3.63) is 72.9 Å². The minimum atomic E-state index is -0.807.